The van der Waals surface area contributed by atoms with E-state index in [9.17, 15) is 18.0 Å². The molecule has 1 heterocycles. The van der Waals surface area contributed by atoms with Gasteiger partial charge >= 0.3 is 11.9 Å². The molecule has 0 radical (unpaired) electrons. The first-order valence-electron chi connectivity index (χ1n) is 8.17. The second-order valence-corrected chi connectivity index (χ2v) is 8.29. The Kier molecular flexibility index (Phi) is 6.18. The molecular formula is C17H23NO6S. The zero-order valence-corrected chi connectivity index (χ0v) is 15.4. The topological polar surface area (TPSA) is 90.0 Å². The van der Waals surface area contributed by atoms with E-state index in [0.29, 0.717) is 0 Å². The van der Waals surface area contributed by atoms with Gasteiger partial charge in [-0.3, -0.25) is 4.79 Å². The lowest BCUT2D eigenvalue weighted by molar-refractivity contribution is -0.163. The standard InChI is InChI=1S/C17H23NO6S/c1-4-25(21,22)18-10-14-8-6-5-7-13(14)9-15(18)17(20)23-11-16(19)24-12(2)3/h5-8,12,15H,4,9-11H2,1-3H3/t15-/m0/s1. The Bertz CT molecular complexity index is 743. The van der Waals surface area contributed by atoms with E-state index in [1.54, 1.807) is 13.8 Å². The lowest BCUT2D eigenvalue weighted by Crippen LogP contribution is -2.50. The Morgan fingerprint density at radius 3 is 2.48 bits per heavy atom. The van der Waals surface area contributed by atoms with Crippen LogP contribution in [0.2, 0.25) is 0 Å². The van der Waals surface area contributed by atoms with Crippen LogP contribution in [-0.4, -0.2) is 49.2 Å². The first kappa shape index (κ1) is 19.4. The number of sulfonamides is 1. The molecule has 0 unspecified atom stereocenters. The zero-order chi connectivity index (χ0) is 18.6. The van der Waals surface area contributed by atoms with Crippen LogP contribution in [-0.2, 0) is 42.1 Å². The van der Waals surface area contributed by atoms with Crippen LogP contribution in [0.4, 0.5) is 0 Å². The molecule has 1 aliphatic heterocycles. The summed E-state index contributed by atoms with van der Waals surface area (Å²) in [6.07, 6.45) is -0.0993. The van der Waals surface area contributed by atoms with Crippen molar-refractivity contribution in [2.75, 3.05) is 12.4 Å². The molecule has 0 saturated heterocycles. The average Bonchev–Trinajstić information content (AvgIpc) is 2.57. The van der Waals surface area contributed by atoms with Crippen LogP contribution in [0.15, 0.2) is 24.3 Å². The second kappa shape index (κ2) is 7.97. The molecule has 0 bridgehead atoms. The van der Waals surface area contributed by atoms with Crippen molar-refractivity contribution < 1.29 is 27.5 Å². The van der Waals surface area contributed by atoms with Crippen molar-refractivity contribution >= 4 is 22.0 Å². The van der Waals surface area contributed by atoms with Crippen molar-refractivity contribution in [3.8, 4) is 0 Å². The molecule has 2 rings (SSSR count). The number of benzene rings is 1. The minimum Gasteiger partial charge on any atom is -0.460 e. The maximum absolute atomic E-state index is 12.4. The van der Waals surface area contributed by atoms with Crippen molar-refractivity contribution in [3.05, 3.63) is 35.4 Å². The molecule has 0 N–H and O–H groups in total. The summed E-state index contributed by atoms with van der Waals surface area (Å²) in [6.45, 7) is 4.48. The highest BCUT2D eigenvalue weighted by molar-refractivity contribution is 7.89. The van der Waals surface area contributed by atoms with Crippen molar-refractivity contribution in [1.82, 2.24) is 4.31 Å². The zero-order valence-electron chi connectivity index (χ0n) is 14.6. The summed E-state index contributed by atoms with van der Waals surface area (Å²) in [6, 6.07) is 6.39. The van der Waals surface area contributed by atoms with Crippen molar-refractivity contribution in [2.24, 2.45) is 0 Å². The van der Waals surface area contributed by atoms with Gasteiger partial charge in [0, 0.05) is 13.0 Å². The Morgan fingerprint density at radius 1 is 1.24 bits per heavy atom. The van der Waals surface area contributed by atoms with Gasteiger partial charge in [-0.1, -0.05) is 24.3 Å². The predicted octanol–water partition coefficient (Wildman–Crippen LogP) is 1.26. The maximum atomic E-state index is 12.4. The highest BCUT2D eigenvalue weighted by atomic mass is 32.2. The Balaban J connectivity index is 2.17. The minimum atomic E-state index is -3.60. The van der Waals surface area contributed by atoms with Gasteiger partial charge in [-0.05, 0) is 31.9 Å². The monoisotopic (exact) mass is 369 g/mol. The summed E-state index contributed by atoms with van der Waals surface area (Å²) < 4.78 is 35.9. The minimum absolute atomic E-state index is 0.114. The molecule has 0 amide bonds. The van der Waals surface area contributed by atoms with E-state index in [0.717, 1.165) is 15.4 Å². The van der Waals surface area contributed by atoms with Crippen LogP contribution in [0.3, 0.4) is 0 Å². The fourth-order valence-electron chi connectivity index (χ4n) is 2.68. The smallest absolute Gasteiger partial charge is 0.344 e. The average molecular weight is 369 g/mol. The number of ether oxygens (including phenoxy) is 2. The van der Waals surface area contributed by atoms with E-state index in [-0.39, 0.29) is 24.8 Å². The number of hydrogen-bond acceptors (Lipinski definition) is 6. The fourth-order valence-corrected chi connectivity index (χ4v) is 3.90. The summed E-state index contributed by atoms with van der Waals surface area (Å²) >= 11 is 0. The number of hydrogen-bond donors (Lipinski definition) is 0. The van der Waals surface area contributed by atoms with Crippen LogP contribution in [0.25, 0.3) is 0 Å². The highest BCUT2D eigenvalue weighted by Crippen LogP contribution is 2.26. The normalized spacial score (nSPS) is 17.8. The van der Waals surface area contributed by atoms with Gasteiger partial charge in [0.25, 0.3) is 0 Å². The van der Waals surface area contributed by atoms with Gasteiger partial charge in [-0.2, -0.15) is 4.31 Å². The number of nitrogens with zero attached hydrogens (tertiary/aromatic N) is 1. The van der Waals surface area contributed by atoms with Crippen LogP contribution in [0.1, 0.15) is 31.9 Å². The van der Waals surface area contributed by atoms with Crippen LogP contribution < -0.4 is 0 Å². The summed E-state index contributed by atoms with van der Waals surface area (Å²) in [5, 5.41) is 0. The molecule has 0 spiro atoms. The molecule has 0 aliphatic carbocycles. The molecule has 1 aromatic carbocycles. The molecule has 0 aromatic heterocycles. The van der Waals surface area contributed by atoms with Gasteiger partial charge in [-0.25, -0.2) is 13.2 Å². The summed E-state index contributed by atoms with van der Waals surface area (Å²) in [5.41, 5.74) is 1.76. The third-order valence-corrected chi connectivity index (χ3v) is 5.73. The molecule has 1 aliphatic rings. The number of carbonyl (C=O) groups is 2. The van der Waals surface area contributed by atoms with Crippen molar-refractivity contribution in [3.63, 3.8) is 0 Å². The molecule has 7 nitrogen and oxygen atoms in total. The number of esters is 2. The summed E-state index contributed by atoms with van der Waals surface area (Å²) in [4.78, 5) is 24.0. The Labute approximate surface area is 148 Å². The van der Waals surface area contributed by atoms with Crippen LogP contribution >= 0.6 is 0 Å². The molecular weight excluding hydrogens is 346 g/mol. The summed E-state index contributed by atoms with van der Waals surface area (Å²) in [5.74, 6) is -1.52. The Hall–Kier alpha value is -1.93. The molecule has 8 heteroatoms. The highest BCUT2D eigenvalue weighted by Gasteiger charge is 2.39. The van der Waals surface area contributed by atoms with E-state index in [1.165, 1.54) is 6.92 Å². The molecule has 1 aromatic rings. The summed E-state index contributed by atoms with van der Waals surface area (Å²) in [7, 11) is -3.60. The SMILES string of the molecule is CCS(=O)(=O)N1Cc2ccccc2C[C@H]1C(=O)OCC(=O)OC(C)C. The first-order valence-corrected chi connectivity index (χ1v) is 9.78. The quantitative estimate of drug-likeness (QED) is 0.701. The number of carbonyl (C=O) groups excluding carboxylic acids is 2. The molecule has 0 saturated carbocycles. The lowest BCUT2D eigenvalue weighted by Gasteiger charge is -2.34. The largest absolute Gasteiger partial charge is 0.460 e. The predicted molar refractivity (Wildman–Crippen MR) is 91.1 cm³/mol. The molecule has 25 heavy (non-hydrogen) atoms. The number of rotatable bonds is 6. The number of fused-ring (bicyclic) bond motifs is 1. The van der Waals surface area contributed by atoms with Gasteiger partial charge in [0.1, 0.15) is 6.04 Å². The fraction of sp³-hybridized carbons (Fsp3) is 0.529. The van der Waals surface area contributed by atoms with E-state index in [4.69, 9.17) is 9.47 Å². The van der Waals surface area contributed by atoms with E-state index >= 15 is 0 Å². The maximum Gasteiger partial charge on any atom is 0.344 e. The van der Waals surface area contributed by atoms with Gasteiger partial charge in [0.05, 0.1) is 11.9 Å². The van der Waals surface area contributed by atoms with Crippen molar-refractivity contribution in [2.45, 2.75) is 45.9 Å². The van der Waals surface area contributed by atoms with Gasteiger partial charge in [-0.15, -0.1) is 0 Å². The van der Waals surface area contributed by atoms with Gasteiger partial charge < -0.3 is 9.47 Å². The van der Waals surface area contributed by atoms with Gasteiger partial charge in [0.15, 0.2) is 6.61 Å². The second-order valence-electron chi connectivity index (χ2n) is 6.08. The molecule has 1 atom stereocenters. The Morgan fingerprint density at radius 2 is 1.88 bits per heavy atom. The third-order valence-electron chi connectivity index (χ3n) is 3.90. The molecule has 0 fully saturated rings. The van der Waals surface area contributed by atoms with E-state index in [2.05, 4.69) is 0 Å². The van der Waals surface area contributed by atoms with Crippen LogP contribution in [0, 0.1) is 0 Å². The van der Waals surface area contributed by atoms with Crippen LogP contribution in [0.5, 0.6) is 0 Å². The van der Waals surface area contributed by atoms with E-state index in [1.807, 2.05) is 24.3 Å². The van der Waals surface area contributed by atoms with Gasteiger partial charge in [0.2, 0.25) is 10.0 Å². The van der Waals surface area contributed by atoms with Crippen molar-refractivity contribution in [1.29, 1.82) is 0 Å². The molecule has 138 valence electrons. The first-order chi connectivity index (χ1) is 11.7. The lowest BCUT2D eigenvalue weighted by atomic mass is 9.96. The third kappa shape index (κ3) is 4.79. The van der Waals surface area contributed by atoms with E-state index < -0.39 is 34.6 Å².